The lowest BCUT2D eigenvalue weighted by atomic mass is 9.69. The summed E-state index contributed by atoms with van der Waals surface area (Å²) in [6.45, 7) is 8.97. The number of halogens is 4. The summed E-state index contributed by atoms with van der Waals surface area (Å²) >= 11 is 6.53. The number of nitrogens with one attached hydrogen (secondary N) is 1. The molecule has 2 aromatic carbocycles. The van der Waals surface area contributed by atoms with Gasteiger partial charge in [-0.2, -0.15) is 13.2 Å². The molecule has 2 aromatic rings. The van der Waals surface area contributed by atoms with E-state index >= 15 is 0 Å². The van der Waals surface area contributed by atoms with E-state index in [1.165, 1.54) is 6.08 Å². The summed E-state index contributed by atoms with van der Waals surface area (Å²) in [7, 11) is 0. The Morgan fingerprint density at radius 3 is 2.41 bits per heavy atom. The maximum Gasteiger partial charge on any atom is 0.397 e. The van der Waals surface area contributed by atoms with Gasteiger partial charge in [0.2, 0.25) is 0 Å². The number of alkyl halides is 3. The van der Waals surface area contributed by atoms with Gasteiger partial charge in [0.05, 0.1) is 12.0 Å². The van der Waals surface area contributed by atoms with E-state index in [1.54, 1.807) is 44.2 Å². The Balaban J connectivity index is 2.18. The molecular formula is C27H27ClF3NO2. The number of fused-ring (bicyclic) bond motifs is 1. The van der Waals surface area contributed by atoms with Crippen LogP contribution in [0.15, 0.2) is 36.9 Å². The number of carbonyl (C=O) groups is 1. The third-order valence-electron chi connectivity index (χ3n) is 6.89. The van der Waals surface area contributed by atoms with E-state index < -0.39 is 24.1 Å². The molecule has 0 saturated heterocycles. The second-order valence-electron chi connectivity index (χ2n) is 9.17. The van der Waals surface area contributed by atoms with Gasteiger partial charge in [-0.3, -0.25) is 4.79 Å². The van der Waals surface area contributed by atoms with Crippen molar-refractivity contribution in [2.75, 3.05) is 6.61 Å². The van der Waals surface area contributed by atoms with E-state index in [2.05, 4.69) is 6.58 Å². The molecule has 34 heavy (non-hydrogen) atoms. The molecule has 0 spiro atoms. The molecule has 2 N–H and O–H groups in total. The van der Waals surface area contributed by atoms with Crippen molar-refractivity contribution in [2.45, 2.75) is 46.2 Å². The lowest BCUT2D eigenvalue weighted by molar-refractivity contribution is -0.237. The van der Waals surface area contributed by atoms with E-state index in [0.717, 1.165) is 18.1 Å². The number of hydrogen-bond donors (Lipinski definition) is 2. The van der Waals surface area contributed by atoms with Crippen molar-refractivity contribution in [2.24, 2.45) is 5.41 Å². The summed E-state index contributed by atoms with van der Waals surface area (Å²) in [5.74, 6) is -1.56. The van der Waals surface area contributed by atoms with Gasteiger partial charge in [0.1, 0.15) is 0 Å². The standard InChI is InChI=1S/C27H27ClF3NO2/c1-14-10-20-17(4)24(34)9-8-18(20)21(11-14)23(32)12-22(26(5,13-33)27(29,30)31)19-7-6-15(2)16(3)25(19)28/h6-11,22,32-33H,4,12-13H2,1-3,5H3. The molecule has 0 fully saturated rings. The van der Waals surface area contributed by atoms with E-state index in [4.69, 9.17) is 17.0 Å². The normalized spacial score (nSPS) is 16.3. The Hall–Kier alpha value is -2.70. The molecule has 7 heteroatoms. The first-order valence-electron chi connectivity index (χ1n) is 10.8. The lowest BCUT2D eigenvalue weighted by Gasteiger charge is -2.39. The summed E-state index contributed by atoms with van der Waals surface area (Å²) in [5, 5.41) is 19.0. The van der Waals surface area contributed by atoms with Crippen LogP contribution in [-0.4, -0.2) is 29.4 Å². The second-order valence-corrected chi connectivity index (χ2v) is 9.55. The molecule has 0 heterocycles. The second kappa shape index (κ2) is 9.16. The largest absolute Gasteiger partial charge is 0.397 e. The molecule has 0 saturated carbocycles. The average molecular weight is 490 g/mol. The molecule has 0 radical (unpaired) electrons. The van der Waals surface area contributed by atoms with Gasteiger partial charge < -0.3 is 10.5 Å². The number of ketones is 1. The number of benzene rings is 2. The average Bonchev–Trinajstić information content (AvgIpc) is 2.77. The van der Waals surface area contributed by atoms with Crippen molar-refractivity contribution in [3.8, 4) is 0 Å². The number of carbonyl (C=O) groups excluding carboxylic acids is 1. The molecule has 1 aliphatic carbocycles. The first-order valence-corrected chi connectivity index (χ1v) is 11.2. The lowest BCUT2D eigenvalue weighted by Crippen LogP contribution is -2.44. The zero-order chi connectivity index (χ0) is 25.6. The van der Waals surface area contributed by atoms with E-state index in [1.807, 2.05) is 6.92 Å². The first-order chi connectivity index (χ1) is 15.7. The minimum Gasteiger partial charge on any atom is -0.395 e. The molecule has 0 aliphatic heterocycles. The Labute approximate surface area is 202 Å². The molecule has 3 rings (SSSR count). The highest BCUT2D eigenvalue weighted by molar-refractivity contribution is 6.32. The number of hydrogen-bond acceptors (Lipinski definition) is 3. The summed E-state index contributed by atoms with van der Waals surface area (Å²) in [5.41, 5.74) is 1.73. The van der Waals surface area contributed by atoms with E-state index in [0.29, 0.717) is 22.3 Å². The summed E-state index contributed by atoms with van der Waals surface area (Å²) in [4.78, 5) is 12.1. The summed E-state index contributed by atoms with van der Waals surface area (Å²) in [6.07, 6.45) is -2.14. The van der Waals surface area contributed by atoms with Gasteiger partial charge >= 0.3 is 6.18 Å². The van der Waals surface area contributed by atoms with Crippen molar-refractivity contribution in [1.29, 1.82) is 5.41 Å². The zero-order valence-corrected chi connectivity index (χ0v) is 20.3. The number of aliphatic hydroxyl groups excluding tert-OH is 1. The van der Waals surface area contributed by atoms with Gasteiger partial charge in [-0.15, -0.1) is 0 Å². The van der Waals surface area contributed by atoms with Crippen LogP contribution in [0.4, 0.5) is 13.2 Å². The zero-order valence-electron chi connectivity index (χ0n) is 19.5. The van der Waals surface area contributed by atoms with Crippen LogP contribution in [0.3, 0.4) is 0 Å². The molecule has 0 aromatic heterocycles. The van der Waals surface area contributed by atoms with Crippen LogP contribution < -0.4 is 0 Å². The Morgan fingerprint density at radius 2 is 1.82 bits per heavy atom. The molecule has 3 nitrogen and oxygen atoms in total. The van der Waals surface area contributed by atoms with Crippen molar-refractivity contribution in [3.63, 3.8) is 0 Å². The van der Waals surface area contributed by atoms with Gasteiger partial charge in [-0.05, 0) is 85.7 Å². The van der Waals surface area contributed by atoms with Crippen molar-refractivity contribution < 1.29 is 23.1 Å². The monoisotopic (exact) mass is 489 g/mol. The maximum absolute atomic E-state index is 14.3. The fourth-order valence-electron chi connectivity index (χ4n) is 4.33. The number of allylic oxidation sites excluding steroid dienone is 2. The SMILES string of the molecule is C=C1C(=O)C=Cc2c1cc(C)cc2C(=N)CC(c1ccc(C)c(C)c1Cl)C(C)(CO)C(F)(F)F. The third-order valence-corrected chi connectivity index (χ3v) is 7.39. The van der Waals surface area contributed by atoms with Crippen LogP contribution in [0.1, 0.15) is 58.2 Å². The van der Waals surface area contributed by atoms with Crippen molar-refractivity contribution >= 4 is 34.7 Å². The van der Waals surface area contributed by atoms with Crippen LogP contribution in [0.5, 0.6) is 0 Å². The van der Waals surface area contributed by atoms with Crippen LogP contribution >= 0.6 is 11.6 Å². The summed E-state index contributed by atoms with van der Waals surface area (Å²) in [6, 6.07) is 6.75. The number of aliphatic hydroxyl groups is 1. The highest BCUT2D eigenvalue weighted by atomic mass is 35.5. The quantitative estimate of drug-likeness (QED) is 0.340. The van der Waals surface area contributed by atoms with E-state index in [9.17, 15) is 23.1 Å². The topological polar surface area (TPSA) is 61.2 Å². The van der Waals surface area contributed by atoms with Crippen molar-refractivity contribution in [3.05, 3.63) is 80.9 Å². The molecular weight excluding hydrogens is 463 g/mol. The summed E-state index contributed by atoms with van der Waals surface area (Å²) < 4.78 is 42.9. The number of aryl methyl sites for hydroxylation is 2. The maximum atomic E-state index is 14.3. The molecule has 1 aliphatic rings. The highest BCUT2D eigenvalue weighted by Gasteiger charge is 2.56. The van der Waals surface area contributed by atoms with Gasteiger partial charge in [0.15, 0.2) is 5.78 Å². The first kappa shape index (κ1) is 25.9. The Morgan fingerprint density at radius 1 is 1.18 bits per heavy atom. The van der Waals surface area contributed by atoms with Gasteiger partial charge in [-0.1, -0.05) is 36.4 Å². The van der Waals surface area contributed by atoms with Crippen LogP contribution in [0.2, 0.25) is 5.02 Å². The van der Waals surface area contributed by atoms with Gasteiger partial charge in [-0.25, -0.2) is 0 Å². The molecule has 2 unspecified atom stereocenters. The number of rotatable bonds is 6. The van der Waals surface area contributed by atoms with Crippen LogP contribution in [0.25, 0.3) is 11.6 Å². The predicted octanol–water partition coefficient (Wildman–Crippen LogP) is 6.98. The molecule has 2 atom stereocenters. The van der Waals surface area contributed by atoms with Gasteiger partial charge in [0, 0.05) is 27.8 Å². The smallest absolute Gasteiger partial charge is 0.395 e. The minimum absolute atomic E-state index is 0.0463. The minimum atomic E-state index is -4.75. The van der Waals surface area contributed by atoms with Crippen LogP contribution in [-0.2, 0) is 4.79 Å². The third kappa shape index (κ3) is 4.37. The fraction of sp³-hybridized carbons (Fsp3) is 0.333. The predicted molar refractivity (Wildman–Crippen MR) is 131 cm³/mol. The molecule has 0 bridgehead atoms. The fourth-order valence-corrected chi connectivity index (χ4v) is 4.67. The molecule has 0 amide bonds. The van der Waals surface area contributed by atoms with Crippen LogP contribution in [0, 0.1) is 31.6 Å². The highest BCUT2D eigenvalue weighted by Crippen LogP contribution is 2.52. The van der Waals surface area contributed by atoms with Gasteiger partial charge in [0.25, 0.3) is 0 Å². The Kier molecular flexibility index (Phi) is 6.98. The van der Waals surface area contributed by atoms with Crippen molar-refractivity contribution in [1.82, 2.24) is 0 Å². The Bertz CT molecular complexity index is 1230. The van der Waals surface area contributed by atoms with E-state index in [-0.39, 0.29) is 34.1 Å². The molecule has 180 valence electrons.